The monoisotopic (exact) mass is 248 g/mol. The lowest BCUT2D eigenvalue weighted by molar-refractivity contribution is 0.00851. The minimum atomic E-state index is -0.830. The minimum absolute atomic E-state index is 0.213. The highest BCUT2D eigenvalue weighted by atomic mass is 35.5. The van der Waals surface area contributed by atoms with E-state index in [1.807, 2.05) is 6.92 Å². The maximum atomic E-state index is 9.74. The molecule has 15 heavy (non-hydrogen) atoms. The predicted molar refractivity (Wildman–Crippen MR) is 62.9 cm³/mol. The first kappa shape index (κ1) is 12.6. The lowest BCUT2D eigenvalue weighted by atomic mass is 10.1. The Morgan fingerprint density at radius 2 is 2.07 bits per heavy atom. The van der Waals surface area contributed by atoms with E-state index in [0.717, 1.165) is 0 Å². The second-order valence-electron chi connectivity index (χ2n) is 3.71. The van der Waals surface area contributed by atoms with E-state index in [0.29, 0.717) is 22.2 Å². The standard InChI is InChI=1S/C11H14Cl2O2/c1-3-11(2,14)7-15-10-5-4-8(12)6-9(10)13/h4-6,14H,3,7H2,1-2H3. The third kappa shape index (κ3) is 3.90. The van der Waals surface area contributed by atoms with Crippen molar-refractivity contribution in [2.24, 2.45) is 0 Å². The van der Waals surface area contributed by atoms with Crippen molar-refractivity contribution in [3.8, 4) is 5.75 Å². The van der Waals surface area contributed by atoms with Gasteiger partial charge in [-0.05, 0) is 31.5 Å². The highest BCUT2D eigenvalue weighted by Gasteiger charge is 2.18. The van der Waals surface area contributed by atoms with Crippen LogP contribution >= 0.6 is 23.2 Å². The molecule has 1 rings (SSSR count). The number of aliphatic hydroxyl groups is 1. The molecule has 0 aliphatic heterocycles. The number of ether oxygens (including phenoxy) is 1. The molecule has 4 heteroatoms. The van der Waals surface area contributed by atoms with Gasteiger partial charge in [-0.3, -0.25) is 0 Å². The first-order chi connectivity index (χ1) is 6.94. The van der Waals surface area contributed by atoms with E-state index in [-0.39, 0.29) is 6.61 Å². The first-order valence-corrected chi connectivity index (χ1v) is 5.50. The largest absolute Gasteiger partial charge is 0.489 e. The van der Waals surface area contributed by atoms with E-state index in [2.05, 4.69) is 0 Å². The summed E-state index contributed by atoms with van der Waals surface area (Å²) in [5, 5.41) is 10.8. The van der Waals surface area contributed by atoms with Crippen LogP contribution in [0.15, 0.2) is 18.2 Å². The zero-order chi connectivity index (χ0) is 11.5. The molecule has 1 atom stereocenters. The van der Waals surface area contributed by atoms with E-state index in [9.17, 15) is 5.11 Å². The average Bonchev–Trinajstić information content (AvgIpc) is 2.16. The summed E-state index contributed by atoms with van der Waals surface area (Å²) < 4.78 is 5.41. The Kier molecular flexibility index (Phi) is 4.26. The van der Waals surface area contributed by atoms with Crippen LogP contribution < -0.4 is 4.74 Å². The van der Waals surface area contributed by atoms with Crippen LogP contribution in [0.3, 0.4) is 0 Å². The van der Waals surface area contributed by atoms with Crippen molar-refractivity contribution in [1.82, 2.24) is 0 Å². The normalized spacial score (nSPS) is 14.7. The summed E-state index contributed by atoms with van der Waals surface area (Å²) in [6.07, 6.45) is 0.623. The summed E-state index contributed by atoms with van der Waals surface area (Å²) in [5.74, 6) is 0.537. The summed E-state index contributed by atoms with van der Waals surface area (Å²) in [6.45, 7) is 3.83. The Morgan fingerprint density at radius 1 is 1.40 bits per heavy atom. The zero-order valence-corrected chi connectivity index (χ0v) is 10.3. The van der Waals surface area contributed by atoms with E-state index in [1.165, 1.54) is 0 Å². The molecule has 84 valence electrons. The molecular formula is C11H14Cl2O2. The zero-order valence-electron chi connectivity index (χ0n) is 8.76. The third-order valence-corrected chi connectivity index (χ3v) is 2.72. The maximum absolute atomic E-state index is 9.74. The van der Waals surface area contributed by atoms with Crippen LogP contribution in [0.25, 0.3) is 0 Å². The molecule has 0 saturated carbocycles. The van der Waals surface area contributed by atoms with Crippen LogP contribution in [0.2, 0.25) is 10.0 Å². The smallest absolute Gasteiger partial charge is 0.138 e. The molecule has 0 aromatic heterocycles. The summed E-state index contributed by atoms with van der Waals surface area (Å²) in [5.41, 5.74) is -0.830. The Morgan fingerprint density at radius 3 is 2.60 bits per heavy atom. The molecule has 0 aliphatic carbocycles. The molecule has 0 saturated heterocycles. The van der Waals surface area contributed by atoms with Crippen molar-refractivity contribution in [2.45, 2.75) is 25.9 Å². The lowest BCUT2D eigenvalue weighted by Crippen LogP contribution is -2.31. The van der Waals surface area contributed by atoms with E-state index < -0.39 is 5.60 Å². The summed E-state index contributed by atoms with van der Waals surface area (Å²) in [6, 6.07) is 5.00. The van der Waals surface area contributed by atoms with Gasteiger partial charge < -0.3 is 9.84 Å². The molecule has 0 radical (unpaired) electrons. The van der Waals surface area contributed by atoms with E-state index in [4.69, 9.17) is 27.9 Å². The SMILES string of the molecule is CCC(C)(O)COc1ccc(Cl)cc1Cl. The van der Waals surface area contributed by atoms with Crippen molar-refractivity contribution in [2.75, 3.05) is 6.61 Å². The highest BCUT2D eigenvalue weighted by Crippen LogP contribution is 2.28. The minimum Gasteiger partial charge on any atom is -0.489 e. The van der Waals surface area contributed by atoms with Crippen LogP contribution in [-0.4, -0.2) is 17.3 Å². The van der Waals surface area contributed by atoms with Gasteiger partial charge in [-0.1, -0.05) is 30.1 Å². The quantitative estimate of drug-likeness (QED) is 0.884. The Bertz CT molecular complexity index is 337. The van der Waals surface area contributed by atoms with Crippen molar-refractivity contribution in [3.63, 3.8) is 0 Å². The Balaban J connectivity index is 2.66. The summed E-state index contributed by atoms with van der Waals surface area (Å²) in [4.78, 5) is 0. The average molecular weight is 249 g/mol. The van der Waals surface area contributed by atoms with Gasteiger partial charge in [0.1, 0.15) is 12.4 Å². The number of hydrogen-bond acceptors (Lipinski definition) is 2. The molecule has 1 aromatic rings. The molecule has 2 nitrogen and oxygen atoms in total. The molecule has 1 N–H and O–H groups in total. The fraction of sp³-hybridized carbons (Fsp3) is 0.455. The number of hydrogen-bond donors (Lipinski definition) is 1. The van der Waals surface area contributed by atoms with Gasteiger partial charge >= 0.3 is 0 Å². The Hall–Kier alpha value is -0.440. The van der Waals surface area contributed by atoms with Gasteiger partial charge in [-0.2, -0.15) is 0 Å². The van der Waals surface area contributed by atoms with Gasteiger partial charge in [0.05, 0.1) is 10.6 Å². The van der Waals surface area contributed by atoms with E-state index >= 15 is 0 Å². The molecule has 0 bridgehead atoms. The molecule has 0 heterocycles. The van der Waals surface area contributed by atoms with Gasteiger partial charge in [-0.25, -0.2) is 0 Å². The molecular weight excluding hydrogens is 235 g/mol. The lowest BCUT2D eigenvalue weighted by Gasteiger charge is -2.21. The summed E-state index contributed by atoms with van der Waals surface area (Å²) in [7, 11) is 0. The predicted octanol–water partition coefficient (Wildman–Crippen LogP) is 3.53. The van der Waals surface area contributed by atoms with Gasteiger partial charge in [0.2, 0.25) is 0 Å². The topological polar surface area (TPSA) is 29.5 Å². The van der Waals surface area contributed by atoms with Gasteiger partial charge in [0.15, 0.2) is 0 Å². The first-order valence-electron chi connectivity index (χ1n) is 4.75. The highest BCUT2D eigenvalue weighted by molar-refractivity contribution is 6.35. The van der Waals surface area contributed by atoms with Crippen LogP contribution in [0.5, 0.6) is 5.75 Å². The molecule has 0 fully saturated rings. The van der Waals surface area contributed by atoms with E-state index in [1.54, 1.807) is 25.1 Å². The number of rotatable bonds is 4. The van der Waals surface area contributed by atoms with Crippen LogP contribution in [0.4, 0.5) is 0 Å². The van der Waals surface area contributed by atoms with Crippen molar-refractivity contribution in [3.05, 3.63) is 28.2 Å². The van der Waals surface area contributed by atoms with Crippen LogP contribution in [0.1, 0.15) is 20.3 Å². The fourth-order valence-corrected chi connectivity index (χ4v) is 1.39. The maximum Gasteiger partial charge on any atom is 0.138 e. The molecule has 0 amide bonds. The van der Waals surface area contributed by atoms with Crippen molar-refractivity contribution >= 4 is 23.2 Å². The number of halogens is 2. The fourth-order valence-electron chi connectivity index (χ4n) is 0.928. The number of benzene rings is 1. The second-order valence-corrected chi connectivity index (χ2v) is 4.56. The van der Waals surface area contributed by atoms with Crippen LogP contribution in [0, 0.1) is 0 Å². The van der Waals surface area contributed by atoms with Crippen molar-refractivity contribution in [1.29, 1.82) is 0 Å². The molecule has 1 unspecified atom stereocenters. The molecule has 0 spiro atoms. The molecule has 1 aromatic carbocycles. The van der Waals surface area contributed by atoms with Gasteiger partial charge in [-0.15, -0.1) is 0 Å². The summed E-state index contributed by atoms with van der Waals surface area (Å²) >= 11 is 11.7. The second kappa shape index (κ2) is 5.06. The van der Waals surface area contributed by atoms with Gasteiger partial charge in [0.25, 0.3) is 0 Å². The van der Waals surface area contributed by atoms with Crippen LogP contribution in [-0.2, 0) is 0 Å². The van der Waals surface area contributed by atoms with Crippen molar-refractivity contribution < 1.29 is 9.84 Å². The Labute approximate surface area is 99.8 Å². The van der Waals surface area contributed by atoms with Gasteiger partial charge in [0, 0.05) is 5.02 Å². The third-order valence-electron chi connectivity index (χ3n) is 2.19. The molecule has 0 aliphatic rings.